The second-order valence-corrected chi connectivity index (χ2v) is 5.49. The van der Waals surface area contributed by atoms with E-state index in [1.165, 1.54) is 6.42 Å². The predicted molar refractivity (Wildman–Crippen MR) is 70.7 cm³/mol. The van der Waals surface area contributed by atoms with Gasteiger partial charge in [0.1, 0.15) is 0 Å². The Morgan fingerprint density at radius 2 is 2.35 bits per heavy atom. The third kappa shape index (κ3) is 3.28. The number of piperidine rings is 1. The molecular weight excluding hydrogens is 280 g/mol. The highest BCUT2D eigenvalue weighted by atomic mass is 79.9. The lowest BCUT2D eigenvalue weighted by Gasteiger charge is -2.33. The first-order valence-corrected chi connectivity index (χ1v) is 6.86. The van der Waals surface area contributed by atoms with E-state index < -0.39 is 0 Å². The van der Waals surface area contributed by atoms with Gasteiger partial charge in [-0.15, -0.1) is 0 Å². The molecule has 0 N–H and O–H groups in total. The van der Waals surface area contributed by atoms with E-state index in [-0.39, 0.29) is 5.91 Å². The zero-order valence-electron chi connectivity index (χ0n) is 10.0. The normalized spacial score (nSPS) is 20.4. The smallest absolute Gasteiger partial charge is 0.228 e. The molecule has 0 radical (unpaired) electrons. The zero-order chi connectivity index (χ0) is 12.3. The van der Waals surface area contributed by atoms with Crippen molar-refractivity contribution in [1.82, 2.24) is 9.88 Å². The van der Waals surface area contributed by atoms with Crippen molar-refractivity contribution < 1.29 is 4.79 Å². The summed E-state index contributed by atoms with van der Waals surface area (Å²) in [5, 5.41) is 0. The van der Waals surface area contributed by atoms with E-state index in [4.69, 9.17) is 0 Å². The van der Waals surface area contributed by atoms with Crippen molar-refractivity contribution in [2.45, 2.75) is 38.6 Å². The van der Waals surface area contributed by atoms with Gasteiger partial charge in [0.25, 0.3) is 0 Å². The van der Waals surface area contributed by atoms with Gasteiger partial charge in [0, 0.05) is 29.0 Å². The molecule has 1 aromatic rings. The summed E-state index contributed by atoms with van der Waals surface area (Å²) in [4.78, 5) is 18.4. The number of hydrogen-bond donors (Lipinski definition) is 0. The van der Waals surface area contributed by atoms with Gasteiger partial charge >= 0.3 is 0 Å². The van der Waals surface area contributed by atoms with Crippen LogP contribution in [0.3, 0.4) is 0 Å². The molecule has 1 aromatic heterocycles. The standard InChI is InChI=1S/C13H17BrN2O/c1-10-4-2-3-7-16(10)13(17)8-12-6-5-11(14)9-15-12/h5-6,9-10H,2-4,7-8H2,1H3. The van der Waals surface area contributed by atoms with Crippen LogP contribution in [-0.2, 0) is 11.2 Å². The average molecular weight is 297 g/mol. The van der Waals surface area contributed by atoms with Gasteiger partial charge in [-0.25, -0.2) is 0 Å². The zero-order valence-corrected chi connectivity index (χ0v) is 11.6. The Morgan fingerprint density at radius 1 is 1.53 bits per heavy atom. The molecule has 0 spiro atoms. The minimum absolute atomic E-state index is 0.201. The quantitative estimate of drug-likeness (QED) is 0.841. The number of aromatic nitrogens is 1. The fourth-order valence-corrected chi connectivity index (χ4v) is 2.47. The first kappa shape index (κ1) is 12.6. The molecule has 17 heavy (non-hydrogen) atoms. The Hall–Kier alpha value is -0.900. The molecule has 3 nitrogen and oxygen atoms in total. The average Bonchev–Trinajstić information content (AvgIpc) is 2.32. The van der Waals surface area contributed by atoms with Gasteiger partial charge < -0.3 is 4.90 Å². The minimum Gasteiger partial charge on any atom is -0.340 e. The minimum atomic E-state index is 0.201. The highest BCUT2D eigenvalue weighted by molar-refractivity contribution is 9.10. The molecule has 0 bridgehead atoms. The Balaban J connectivity index is 1.98. The van der Waals surface area contributed by atoms with E-state index in [0.717, 1.165) is 29.6 Å². The highest BCUT2D eigenvalue weighted by Crippen LogP contribution is 2.17. The summed E-state index contributed by atoms with van der Waals surface area (Å²) in [5.41, 5.74) is 0.843. The van der Waals surface area contributed by atoms with E-state index in [0.29, 0.717) is 12.5 Å². The van der Waals surface area contributed by atoms with Crippen LogP contribution in [0.1, 0.15) is 31.9 Å². The fourth-order valence-electron chi connectivity index (χ4n) is 2.24. The van der Waals surface area contributed by atoms with Gasteiger partial charge in [-0.3, -0.25) is 9.78 Å². The van der Waals surface area contributed by atoms with Crippen molar-refractivity contribution in [3.63, 3.8) is 0 Å². The van der Waals surface area contributed by atoms with Crippen LogP contribution >= 0.6 is 15.9 Å². The van der Waals surface area contributed by atoms with Crippen molar-refractivity contribution in [1.29, 1.82) is 0 Å². The fraction of sp³-hybridized carbons (Fsp3) is 0.538. The first-order valence-electron chi connectivity index (χ1n) is 6.07. The summed E-state index contributed by atoms with van der Waals surface area (Å²) in [7, 11) is 0. The van der Waals surface area contributed by atoms with Crippen LogP contribution in [-0.4, -0.2) is 28.4 Å². The van der Waals surface area contributed by atoms with Crippen LogP contribution in [0.15, 0.2) is 22.8 Å². The number of pyridine rings is 1. The lowest BCUT2D eigenvalue weighted by atomic mass is 10.0. The molecule has 0 aliphatic carbocycles. The molecule has 1 aliphatic rings. The molecular formula is C13H17BrN2O. The van der Waals surface area contributed by atoms with Gasteiger partial charge in [0.15, 0.2) is 0 Å². The lowest BCUT2D eigenvalue weighted by Crippen LogP contribution is -2.42. The summed E-state index contributed by atoms with van der Waals surface area (Å²) >= 11 is 3.34. The SMILES string of the molecule is CC1CCCCN1C(=O)Cc1ccc(Br)cn1. The van der Waals surface area contributed by atoms with Gasteiger partial charge in [-0.1, -0.05) is 0 Å². The molecule has 1 saturated heterocycles. The second-order valence-electron chi connectivity index (χ2n) is 4.58. The summed E-state index contributed by atoms with van der Waals surface area (Å²) < 4.78 is 0.944. The van der Waals surface area contributed by atoms with Crippen LogP contribution in [0.2, 0.25) is 0 Å². The number of halogens is 1. The number of amides is 1. The van der Waals surface area contributed by atoms with Gasteiger partial charge in [-0.05, 0) is 54.2 Å². The Bertz CT molecular complexity index is 391. The molecule has 1 fully saturated rings. The highest BCUT2D eigenvalue weighted by Gasteiger charge is 2.23. The summed E-state index contributed by atoms with van der Waals surface area (Å²) in [5.74, 6) is 0.201. The molecule has 1 unspecified atom stereocenters. The van der Waals surface area contributed by atoms with Crippen molar-refractivity contribution in [2.24, 2.45) is 0 Å². The van der Waals surface area contributed by atoms with Crippen LogP contribution < -0.4 is 0 Å². The topological polar surface area (TPSA) is 33.2 Å². The number of carbonyl (C=O) groups is 1. The molecule has 1 aliphatic heterocycles. The van der Waals surface area contributed by atoms with E-state index in [2.05, 4.69) is 27.8 Å². The van der Waals surface area contributed by atoms with Crippen molar-refractivity contribution in [3.05, 3.63) is 28.5 Å². The molecule has 2 heterocycles. The van der Waals surface area contributed by atoms with Gasteiger partial charge in [0.2, 0.25) is 5.91 Å². The van der Waals surface area contributed by atoms with E-state index >= 15 is 0 Å². The molecule has 4 heteroatoms. The number of hydrogen-bond acceptors (Lipinski definition) is 2. The van der Waals surface area contributed by atoms with Crippen molar-refractivity contribution in [3.8, 4) is 0 Å². The number of nitrogens with zero attached hydrogens (tertiary/aromatic N) is 2. The summed E-state index contributed by atoms with van der Waals surface area (Å²) in [6.45, 7) is 3.03. The maximum Gasteiger partial charge on any atom is 0.228 e. The molecule has 92 valence electrons. The first-order chi connectivity index (χ1) is 8.16. The summed E-state index contributed by atoms with van der Waals surface area (Å²) in [6, 6.07) is 4.21. The monoisotopic (exact) mass is 296 g/mol. The Labute approximate surface area is 110 Å². The van der Waals surface area contributed by atoms with Gasteiger partial charge in [0.05, 0.1) is 6.42 Å². The Morgan fingerprint density at radius 3 is 3.00 bits per heavy atom. The molecule has 2 rings (SSSR count). The lowest BCUT2D eigenvalue weighted by molar-refractivity contribution is -0.133. The molecule has 0 saturated carbocycles. The van der Waals surface area contributed by atoms with E-state index in [1.54, 1.807) is 6.20 Å². The van der Waals surface area contributed by atoms with E-state index in [9.17, 15) is 4.79 Å². The van der Waals surface area contributed by atoms with Crippen LogP contribution in [0.5, 0.6) is 0 Å². The molecule has 1 amide bonds. The van der Waals surface area contributed by atoms with Crippen LogP contribution in [0.4, 0.5) is 0 Å². The summed E-state index contributed by atoms with van der Waals surface area (Å²) in [6.07, 6.45) is 5.64. The largest absolute Gasteiger partial charge is 0.340 e. The molecule has 0 aromatic carbocycles. The number of carbonyl (C=O) groups excluding carboxylic acids is 1. The predicted octanol–water partition coefficient (Wildman–Crippen LogP) is 2.79. The number of rotatable bonds is 2. The van der Waals surface area contributed by atoms with Crippen LogP contribution in [0, 0.1) is 0 Å². The van der Waals surface area contributed by atoms with E-state index in [1.807, 2.05) is 17.0 Å². The molecule has 1 atom stereocenters. The van der Waals surface area contributed by atoms with Crippen molar-refractivity contribution in [2.75, 3.05) is 6.54 Å². The number of likely N-dealkylation sites (tertiary alicyclic amines) is 1. The maximum atomic E-state index is 12.1. The van der Waals surface area contributed by atoms with Crippen LogP contribution in [0.25, 0.3) is 0 Å². The second kappa shape index (κ2) is 5.63. The maximum absolute atomic E-state index is 12.1. The third-order valence-corrected chi connectivity index (χ3v) is 3.71. The van der Waals surface area contributed by atoms with Crippen molar-refractivity contribution >= 4 is 21.8 Å². The van der Waals surface area contributed by atoms with Gasteiger partial charge in [-0.2, -0.15) is 0 Å². The third-order valence-electron chi connectivity index (χ3n) is 3.24. The Kier molecular flexibility index (Phi) is 4.15.